The second-order valence-corrected chi connectivity index (χ2v) is 6.47. The Morgan fingerprint density at radius 3 is 2.22 bits per heavy atom. The summed E-state index contributed by atoms with van der Waals surface area (Å²) in [4.78, 5) is 24.1. The zero-order valence-corrected chi connectivity index (χ0v) is 14.1. The Labute approximate surface area is 137 Å². The van der Waals surface area contributed by atoms with E-state index >= 15 is 0 Å². The van der Waals surface area contributed by atoms with Crippen LogP contribution < -0.4 is 10.1 Å². The molecule has 23 heavy (non-hydrogen) atoms. The van der Waals surface area contributed by atoms with Crippen LogP contribution in [0.5, 0.6) is 5.75 Å². The molecule has 1 aromatic rings. The third-order valence-corrected chi connectivity index (χ3v) is 4.78. The monoisotopic (exact) mass is 319 g/mol. The summed E-state index contributed by atoms with van der Waals surface area (Å²) in [5.41, 5.74) is 1.51. The molecule has 126 valence electrons. The summed E-state index contributed by atoms with van der Waals surface area (Å²) in [6.45, 7) is 3.97. The highest BCUT2D eigenvalue weighted by Gasteiger charge is 2.39. The molecule has 0 heterocycles. The first-order chi connectivity index (χ1) is 10.9. The molecule has 5 nitrogen and oxygen atoms in total. The first-order valence-corrected chi connectivity index (χ1v) is 8.06. The lowest BCUT2D eigenvalue weighted by Gasteiger charge is -2.33. The molecule has 0 bridgehead atoms. The highest BCUT2D eigenvalue weighted by atomic mass is 16.5. The summed E-state index contributed by atoms with van der Waals surface area (Å²) in [5, 5.41) is 12.4. The van der Waals surface area contributed by atoms with E-state index in [-0.39, 0.29) is 12.5 Å². The number of hydrogen-bond acceptors (Lipinski definition) is 3. The van der Waals surface area contributed by atoms with Gasteiger partial charge >= 0.3 is 5.97 Å². The van der Waals surface area contributed by atoms with E-state index in [1.165, 1.54) is 0 Å². The summed E-state index contributed by atoms with van der Waals surface area (Å²) in [6.07, 6.45) is 4.14. The molecule has 5 heteroatoms. The second kappa shape index (κ2) is 7.02. The van der Waals surface area contributed by atoms with Gasteiger partial charge in [-0.2, -0.15) is 0 Å². The maximum Gasteiger partial charge on any atom is 0.311 e. The molecule has 1 aromatic carbocycles. The van der Waals surface area contributed by atoms with Crippen molar-refractivity contribution in [1.29, 1.82) is 0 Å². The average Bonchev–Trinajstić information content (AvgIpc) is 2.53. The number of ether oxygens (including phenoxy) is 1. The number of hydrogen-bond donors (Lipinski definition) is 2. The first kappa shape index (κ1) is 17.3. The van der Waals surface area contributed by atoms with Crippen LogP contribution in [-0.2, 0) is 4.79 Å². The van der Waals surface area contributed by atoms with Gasteiger partial charge in [-0.15, -0.1) is 0 Å². The minimum Gasteiger partial charge on any atom is -0.496 e. The van der Waals surface area contributed by atoms with Crippen molar-refractivity contribution in [1.82, 2.24) is 5.32 Å². The molecule has 1 aliphatic carbocycles. The predicted octanol–water partition coefficient (Wildman–Crippen LogP) is 3.08. The Morgan fingerprint density at radius 2 is 1.74 bits per heavy atom. The number of nitrogens with one attached hydrogen (secondary N) is 1. The normalized spacial score (nSPS) is 16.7. The number of aliphatic carboxylic acids is 1. The van der Waals surface area contributed by atoms with Crippen molar-refractivity contribution in [2.45, 2.75) is 46.0 Å². The molecule has 1 fully saturated rings. The maximum atomic E-state index is 12.4. The summed E-state index contributed by atoms with van der Waals surface area (Å²) in [6, 6.07) is 3.55. The molecule has 1 aliphatic rings. The number of methoxy groups -OCH3 is 1. The van der Waals surface area contributed by atoms with Crippen LogP contribution in [0.15, 0.2) is 12.1 Å². The highest BCUT2D eigenvalue weighted by molar-refractivity contribution is 5.95. The van der Waals surface area contributed by atoms with Crippen LogP contribution in [-0.4, -0.2) is 30.6 Å². The van der Waals surface area contributed by atoms with Crippen LogP contribution in [0.3, 0.4) is 0 Å². The summed E-state index contributed by atoms with van der Waals surface area (Å²) >= 11 is 0. The van der Waals surface area contributed by atoms with Gasteiger partial charge in [0.1, 0.15) is 5.75 Å². The van der Waals surface area contributed by atoms with Crippen LogP contribution in [0.25, 0.3) is 0 Å². The zero-order chi connectivity index (χ0) is 17.0. The average molecular weight is 319 g/mol. The maximum absolute atomic E-state index is 12.4. The molecule has 0 spiro atoms. The molecule has 1 amide bonds. The van der Waals surface area contributed by atoms with Gasteiger partial charge in [-0.25, -0.2) is 0 Å². The molecular formula is C18H25NO4. The van der Waals surface area contributed by atoms with Crippen LogP contribution in [0.1, 0.15) is 53.6 Å². The van der Waals surface area contributed by atoms with E-state index in [9.17, 15) is 14.7 Å². The number of carbonyl (C=O) groups is 2. The number of carboxylic acid groups (broad SMARTS) is 1. The van der Waals surface area contributed by atoms with Crippen molar-refractivity contribution in [2.24, 2.45) is 5.41 Å². The number of carbonyl (C=O) groups excluding carboxylic acids is 1. The third-order valence-electron chi connectivity index (χ3n) is 4.78. The van der Waals surface area contributed by atoms with E-state index in [4.69, 9.17) is 4.74 Å². The number of rotatable bonds is 5. The van der Waals surface area contributed by atoms with Crippen LogP contribution in [0.4, 0.5) is 0 Å². The fourth-order valence-electron chi connectivity index (χ4n) is 3.45. The van der Waals surface area contributed by atoms with Gasteiger partial charge in [0.25, 0.3) is 5.91 Å². The van der Waals surface area contributed by atoms with Gasteiger partial charge in [-0.05, 0) is 49.9 Å². The molecule has 0 saturated heterocycles. The summed E-state index contributed by atoms with van der Waals surface area (Å²) < 4.78 is 5.30. The Morgan fingerprint density at radius 1 is 1.17 bits per heavy atom. The number of carboxylic acids is 1. The quantitative estimate of drug-likeness (QED) is 0.874. The van der Waals surface area contributed by atoms with Gasteiger partial charge in [-0.1, -0.05) is 19.3 Å². The van der Waals surface area contributed by atoms with Crippen molar-refractivity contribution in [3.8, 4) is 5.75 Å². The zero-order valence-electron chi connectivity index (χ0n) is 14.1. The van der Waals surface area contributed by atoms with E-state index in [0.29, 0.717) is 18.4 Å². The third kappa shape index (κ3) is 3.66. The smallest absolute Gasteiger partial charge is 0.311 e. The van der Waals surface area contributed by atoms with Gasteiger partial charge in [0.2, 0.25) is 0 Å². The van der Waals surface area contributed by atoms with Crippen LogP contribution in [0.2, 0.25) is 0 Å². The van der Waals surface area contributed by atoms with Crippen molar-refractivity contribution in [3.05, 3.63) is 28.8 Å². The topological polar surface area (TPSA) is 75.6 Å². The molecule has 1 saturated carbocycles. The van der Waals surface area contributed by atoms with Gasteiger partial charge in [-0.3, -0.25) is 9.59 Å². The molecule has 0 aromatic heterocycles. The minimum absolute atomic E-state index is 0.186. The van der Waals surface area contributed by atoms with Crippen molar-refractivity contribution in [2.75, 3.05) is 13.7 Å². The van der Waals surface area contributed by atoms with E-state index in [1.54, 1.807) is 19.2 Å². The fraction of sp³-hybridized carbons (Fsp3) is 0.556. The molecular weight excluding hydrogens is 294 g/mol. The molecule has 0 atom stereocenters. The van der Waals surface area contributed by atoms with Crippen molar-refractivity contribution in [3.63, 3.8) is 0 Å². The first-order valence-electron chi connectivity index (χ1n) is 8.06. The predicted molar refractivity (Wildman–Crippen MR) is 88.0 cm³/mol. The van der Waals surface area contributed by atoms with Crippen molar-refractivity contribution >= 4 is 11.9 Å². The molecule has 0 aliphatic heterocycles. The van der Waals surface area contributed by atoms with E-state index < -0.39 is 11.4 Å². The Balaban J connectivity index is 2.11. The Hall–Kier alpha value is -2.04. The Bertz CT molecular complexity index is 580. The van der Waals surface area contributed by atoms with Crippen LogP contribution >= 0.6 is 0 Å². The largest absolute Gasteiger partial charge is 0.496 e. The molecule has 0 unspecified atom stereocenters. The van der Waals surface area contributed by atoms with Crippen LogP contribution in [0, 0.1) is 19.3 Å². The molecule has 0 radical (unpaired) electrons. The summed E-state index contributed by atoms with van der Waals surface area (Å²) in [7, 11) is 1.61. The van der Waals surface area contributed by atoms with E-state index in [1.807, 2.05) is 13.8 Å². The standard InChI is InChI=1S/C18H25NO4/c1-12-9-14(10-13(2)15(12)23-3)16(20)19-11-18(17(21)22)7-5-4-6-8-18/h9-10H,4-8,11H2,1-3H3,(H,19,20)(H,21,22). The van der Waals surface area contributed by atoms with Crippen molar-refractivity contribution < 1.29 is 19.4 Å². The van der Waals surface area contributed by atoms with E-state index in [2.05, 4.69) is 5.32 Å². The SMILES string of the molecule is COc1c(C)cc(C(=O)NCC2(C(=O)O)CCCCC2)cc1C. The second-order valence-electron chi connectivity index (χ2n) is 6.47. The van der Waals surface area contributed by atoms with E-state index in [0.717, 1.165) is 36.1 Å². The minimum atomic E-state index is -0.815. The van der Waals surface area contributed by atoms with Gasteiger partial charge in [0.15, 0.2) is 0 Å². The number of amides is 1. The lowest BCUT2D eigenvalue weighted by molar-refractivity contribution is -0.150. The number of aryl methyl sites for hydroxylation is 2. The van der Waals surface area contributed by atoms with Gasteiger partial charge < -0.3 is 15.2 Å². The Kier molecular flexibility index (Phi) is 5.29. The number of benzene rings is 1. The fourth-order valence-corrected chi connectivity index (χ4v) is 3.45. The van der Waals surface area contributed by atoms with Gasteiger partial charge in [0, 0.05) is 12.1 Å². The lowest BCUT2D eigenvalue weighted by atomic mass is 9.74. The molecule has 2 rings (SSSR count). The van der Waals surface area contributed by atoms with Gasteiger partial charge in [0.05, 0.1) is 12.5 Å². The lowest BCUT2D eigenvalue weighted by Crippen LogP contribution is -2.44. The highest BCUT2D eigenvalue weighted by Crippen LogP contribution is 2.36. The summed E-state index contributed by atoms with van der Waals surface area (Å²) in [5.74, 6) is -0.263. The molecule has 2 N–H and O–H groups in total.